The maximum atomic E-state index is 14.4. The van der Waals surface area contributed by atoms with Crippen LogP contribution in [0.15, 0.2) is 41.0 Å². The first-order chi connectivity index (χ1) is 13.5. The summed E-state index contributed by atoms with van der Waals surface area (Å²) in [4.78, 5) is 33.9. The van der Waals surface area contributed by atoms with Gasteiger partial charge in [-0.05, 0) is 24.3 Å². The van der Waals surface area contributed by atoms with Crippen molar-refractivity contribution in [3.63, 3.8) is 0 Å². The van der Waals surface area contributed by atoms with Gasteiger partial charge in [0.2, 0.25) is 5.88 Å². The van der Waals surface area contributed by atoms with Crippen molar-refractivity contribution in [1.29, 1.82) is 0 Å². The third-order valence-electron chi connectivity index (χ3n) is 4.09. The number of rotatable bonds is 4. The SMILES string of the molecule is COc1ccc(Cl)cc1C(=O)Nc1nc2c(nc1F)C(=O)N(c1ccco1)C2. The summed E-state index contributed by atoms with van der Waals surface area (Å²) in [5, 5.41) is 2.65. The summed E-state index contributed by atoms with van der Waals surface area (Å²) < 4.78 is 24.7. The van der Waals surface area contributed by atoms with E-state index in [-0.39, 0.29) is 29.2 Å². The lowest BCUT2D eigenvalue weighted by molar-refractivity contribution is 0.0986. The Labute approximate surface area is 162 Å². The monoisotopic (exact) mass is 402 g/mol. The zero-order valence-electron chi connectivity index (χ0n) is 14.4. The van der Waals surface area contributed by atoms with Crippen molar-refractivity contribution >= 4 is 35.1 Å². The molecule has 0 fully saturated rings. The predicted octanol–water partition coefficient (Wildman–Crippen LogP) is 3.28. The number of carbonyl (C=O) groups excluding carboxylic acids is 2. The lowest BCUT2D eigenvalue weighted by atomic mass is 10.2. The highest BCUT2D eigenvalue weighted by molar-refractivity contribution is 6.31. The highest BCUT2D eigenvalue weighted by atomic mass is 35.5. The number of fused-ring (bicyclic) bond motifs is 1. The molecule has 4 rings (SSSR count). The van der Waals surface area contributed by atoms with Gasteiger partial charge in [-0.25, -0.2) is 9.97 Å². The maximum Gasteiger partial charge on any atom is 0.281 e. The molecule has 0 bridgehead atoms. The largest absolute Gasteiger partial charge is 0.496 e. The summed E-state index contributed by atoms with van der Waals surface area (Å²) in [6.45, 7) is 0.0400. The second-order valence-corrected chi connectivity index (χ2v) is 6.24. The fraction of sp³-hybridized carbons (Fsp3) is 0.111. The van der Waals surface area contributed by atoms with Crippen LogP contribution < -0.4 is 15.0 Å². The minimum atomic E-state index is -1.08. The molecule has 0 saturated carbocycles. The molecular weight excluding hydrogens is 391 g/mol. The van der Waals surface area contributed by atoms with Crippen LogP contribution in [-0.2, 0) is 6.54 Å². The van der Waals surface area contributed by atoms with Crippen LogP contribution >= 0.6 is 11.6 Å². The summed E-state index contributed by atoms with van der Waals surface area (Å²) in [6, 6.07) is 7.67. The maximum absolute atomic E-state index is 14.4. The smallest absolute Gasteiger partial charge is 0.281 e. The molecule has 1 aliphatic rings. The van der Waals surface area contributed by atoms with Crippen LogP contribution in [0.1, 0.15) is 26.5 Å². The third kappa shape index (κ3) is 3.05. The van der Waals surface area contributed by atoms with Crippen LogP contribution in [0.25, 0.3) is 0 Å². The van der Waals surface area contributed by atoms with Gasteiger partial charge in [0.05, 0.1) is 31.2 Å². The minimum absolute atomic E-state index is 0.0400. The number of nitrogens with zero attached hydrogens (tertiary/aromatic N) is 3. The predicted molar refractivity (Wildman–Crippen MR) is 97.2 cm³/mol. The first-order valence-electron chi connectivity index (χ1n) is 8.04. The Morgan fingerprint density at radius 2 is 2.18 bits per heavy atom. The second kappa shape index (κ2) is 6.93. The Morgan fingerprint density at radius 1 is 1.36 bits per heavy atom. The molecule has 0 unspecified atom stereocenters. The standard InChI is InChI=1S/C18H12ClFN4O4/c1-27-12-5-4-9(19)7-10(12)17(25)23-16-15(20)22-14-11(21-16)8-24(18(14)26)13-3-2-6-28-13/h2-7H,8H2,1H3,(H,21,23,25). The number of methoxy groups -OCH3 is 1. The normalized spacial score (nSPS) is 12.8. The van der Waals surface area contributed by atoms with Gasteiger partial charge in [0.1, 0.15) is 5.75 Å². The van der Waals surface area contributed by atoms with Crippen molar-refractivity contribution in [2.45, 2.75) is 6.54 Å². The van der Waals surface area contributed by atoms with Crippen LogP contribution in [0.2, 0.25) is 5.02 Å². The van der Waals surface area contributed by atoms with Gasteiger partial charge < -0.3 is 14.5 Å². The number of carbonyl (C=O) groups is 2. The van der Waals surface area contributed by atoms with E-state index < -0.39 is 23.6 Å². The summed E-state index contributed by atoms with van der Waals surface area (Å²) >= 11 is 5.92. The van der Waals surface area contributed by atoms with Gasteiger partial charge in [0.15, 0.2) is 11.5 Å². The molecule has 1 aromatic carbocycles. The first kappa shape index (κ1) is 17.9. The quantitative estimate of drug-likeness (QED) is 0.719. The van der Waals surface area contributed by atoms with Crippen molar-refractivity contribution in [1.82, 2.24) is 9.97 Å². The lowest BCUT2D eigenvalue weighted by Crippen LogP contribution is -2.22. The molecule has 3 aromatic rings. The van der Waals surface area contributed by atoms with Crippen molar-refractivity contribution in [2.24, 2.45) is 0 Å². The van der Waals surface area contributed by atoms with Crippen LogP contribution in [-0.4, -0.2) is 28.9 Å². The molecule has 142 valence electrons. The number of ether oxygens (including phenoxy) is 1. The van der Waals surface area contributed by atoms with E-state index in [0.29, 0.717) is 10.9 Å². The number of hydrogen-bond acceptors (Lipinski definition) is 6. The Morgan fingerprint density at radius 3 is 2.89 bits per heavy atom. The summed E-state index contributed by atoms with van der Waals surface area (Å²) in [5.74, 6) is -2.15. The molecule has 8 nitrogen and oxygen atoms in total. The molecule has 0 aliphatic carbocycles. The zero-order chi connectivity index (χ0) is 19.8. The highest BCUT2D eigenvalue weighted by Gasteiger charge is 2.34. The van der Waals surface area contributed by atoms with Crippen molar-refractivity contribution in [3.8, 4) is 5.75 Å². The molecule has 2 aromatic heterocycles. The molecule has 0 spiro atoms. The number of benzene rings is 1. The average molecular weight is 403 g/mol. The van der Waals surface area contributed by atoms with E-state index in [9.17, 15) is 14.0 Å². The summed E-state index contributed by atoms with van der Waals surface area (Å²) in [6.07, 6.45) is 1.41. The van der Waals surface area contributed by atoms with Gasteiger partial charge >= 0.3 is 0 Å². The van der Waals surface area contributed by atoms with Gasteiger partial charge in [-0.3, -0.25) is 14.5 Å². The van der Waals surface area contributed by atoms with Crippen LogP contribution in [0.4, 0.5) is 16.1 Å². The molecule has 0 radical (unpaired) electrons. The van der Waals surface area contributed by atoms with Gasteiger partial charge in [-0.15, -0.1) is 0 Å². The van der Waals surface area contributed by atoms with E-state index in [1.807, 2.05) is 0 Å². The van der Waals surface area contributed by atoms with E-state index in [1.54, 1.807) is 18.2 Å². The Bertz CT molecular complexity index is 1090. The highest BCUT2D eigenvalue weighted by Crippen LogP contribution is 2.29. The number of aromatic nitrogens is 2. The van der Waals surface area contributed by atoms with Gasteiger partial charge in [0.25, 0.3) is 17.8 Å². The van der Waals surface area contributed by atoms with E-state index in [2.05, 4.69) is 15.3 Å². The molecule has 1 aliphatic heterocycles. The molecule has 3 heterocycles. The van der Waals surface area contributed by atoms with E-state index in [1.165, 1.54) is 30.4 Å². The molecule has 0 saturated heterocycles. The van der Waals surface area contributed by atoms with Gasteiger partial charge in [0, 0.05) is 11.1 Å². The topological polar surface area (TPSA) is 97.6 Å². The summed E-state index contributed by atoms with van der Waals surface area (Å²) in [5.41, 5.74) is 0.188. The first-order valence-corrected chi connectivity index (χ1v) is 8.42. The number of furan rings is 1. The molecule has 1 N–H and O–H groups in total. The molecule has 0 atom stereocenters. The minimum Gasteiger partial charge on any atom is -0.496 e. The van der Waals surface area contributed by atoms with Gasteiger partial charge in [-0.2, -0.15) is 4.39 Å². The summed E-state index contributed by atoms with van der Waals surface area (Å²) in [7, 11) is 1.39. The molecule has 28 heavy (non-hydrogen) atoms. The second-order valence-electron chi connectivity index (χ2n) is 5.80. The van der Waals surface area contributed by atoms with Crippen molar-refractivity contribution < 1.29 is 23.1 Å². The molecule has 10 heteroatoms. The number of amides is 2. The van der Waals surface area contributed by atoms with Crippen molar-refractivity contribution in [2.75, 3.05) is 17.3 Å². The van der Waals surface area contributed by atoms with Crippen LogP contribution in [0, 0.1) is 5.95 Å². The Kier molecular flexibility index (Phi) is 4.44. The van der Waals surface area contributed by atoms with Crippen LogP contribution in [0.3, 0.4) is 0 Å². The van der Waals surface area contributed by atoms with Crippen LogP contribution in [0.5, 0.6) is 5.75 Å². The number of halogens is 2. The van der Waals surface area contributed by atoms with Crippen molar-refractivity contribution in [3.05, 3.63) is 64.5 Å². The average Bonchev–Trinajstić information content (AvgIpc) is 3.31. The Balaban J connectivity index is 1.63. The molecule has 2 amide bonds. The van der Waals surface area contributed by atoms with Gasteiger partial charge in [-0.1, -0.05) is 11.6 Å². The van der Waals surface area contributed by atoms with E-state index >= 15 is 0 Å². The fourth-order valence-electron chi connectivity index (χ4n) is 2.79. The third-order valence-corrected chi connectivity index (χ3v) is 4.33. The Hall–Kier alpha value is -3.46. The lowest BCUT2D eigenvalue weighted by Gasteiger charge is -2.10. The number of hydrogen-bond donors (Lipinski definition) is 1. The zero-order valence-corrected chi connectivity index (χ0v) is 15.2. The molecular formula is C18H12ClFN4O4. The number of nitrogens with one attached hydrogen (secondary N) is 1. The fourth-order valence-corrected chi connectivity index (χ4v) is 2.97. The van der Waals surface area contributed by atoms with E-state index in [0.717, 1.165) is 0 Å². The number of anilines is 2. The van der Waals surface area contributed by atoms with E-state index in [4.69, 9.17) is 20.8 Å².